The number of aryl methyl sites for hydroxylation is 1. The van der Waals surface area contributed by atoms with Gasteiger partial charge >= 0.3 is 0 Å². The molecule has 4 aromatic rings. The Labute approximate surface area is 214 Å². The number of nitrogens with zero attached hydrogens (tertiary/aromatic N) is 2. The van der Waals surface area contributed by atoms with Gasteiger partial charge < -0.3 is 5.11 Å². The van der Waals surface area contributed by atoms with E-state index in [0.717, 1.165) is 20.6 Å². The molecule has 0 heterocycles. The van der Waals surface area contributed by atoms with E-state index in [9.17, 15) is 18.3 Å². The average Bonchev–Trinajstić information content (AvgIpc) is 2.86. The van der Waals surface area contributed by atoms with Crippen LogP contribution in [0.4, 0.5) is 5.69 Å². The number of nitrogens with one attached hydrogen (secondary N) is 1. The fourth-order valence-electron chi connectivity index (χ4n) is 3.76. The summed E-state index contributed by atoms with van der Waals surface area (Å²) in [7, 11) is -4.10. The predicted molar refractivity (Wildman–Crippen MR) is 143 cm³/mol. The molecule has 184 valence electrons. The molecular weight excluding hydrogens is 498 g/mol. The van der Waals surface area contributed by atoms with Gasteiger partial charge in [-0.25, -0.2) is 13.8 Å². The van der Waals surface area contributed by atoms with Crippen molar-refractivity contribution in [2.75, 3.05) is 10.8 Å². The van der Waals surface area contributed by atoms with E-state index in [1.807, 2.05) is 31.2 Å². The molecule has 4 aromatic carbocycles. The van der Waals surface area contributed by atoms with Gasteiger partial charge in [-0.05, 0) is 60.5 Å². The number of carbonyl (C=O) groups is 1. The fraction of sp³-hybridized carbons (Fsp3) is 0.111. The molecule has 0 aromatic heterocycles. The zero-order valence-electron chi connectivity index (χ0n) is 19.6. The van der Waals surface area contributed by atoms with Gasteiger partial charge in [0.25, 0.3) is 15.9 Å². The summed E-state index contributed by atoms with van der Waals surface area (Å²) in [4.78, 5) is 12.9. The van der Waals surface area contributed by atoms with E-state index < -0.39 is 22.5 Å². The van der Waals surface area contributed by atoms with Gasteiger partial charge in [-0.15, -0.1) is 0 Å². The van der Waals surface area contributed by atoms with Gasteiger partial charge in [-0.1, -0.05) is 65.7 Å². The molecule has 0 saturated heterocycles. The lowest BCUT2D eigenvalue weighted by Crippen LogP contribution is -2.40. The van der Waals surface area contributed by atoms with E-state index in [2.05, 4.69) is 10.5 Å². The van der Waals surface area contributed by atoms with Crippen LogP contribution in [-0.2, 0) is 14.8 Å². The number of hydrogen-bond acceptors (Lipinski definition) is 5. The molecule has 0 saturated carbocycles. The van der Waals surface area contributed by atoms with Crippen LogP contribution in [0.15, 0.2) is 88.9 Å². The van der Waals surface area contributed by atoms with Crippen molar-refractivity contribution in [3.63, 3.8) is 0 Å². The van der Waals surface area contributed by atoms with Crippen LogP contribution in [0.2, 0.25) is 5.02 Å². The minimum absolute atomic E-state index is 0.00447. The lowest BCUT2D eigenvalue weighted by Gasteiger charge is -2.25. The number of rotatable bonds is 7. The Balaban J connectivity index is 1.63. The van der Waals surface area contributed by atoms with Crippen LogP contribution >= 0.6 is 11.6 Å². The monoisotopic (exact) mass is 521 g/mol. The first-order chi connectivity index (χ1) is 17.2. The van der Waals surface area contributed by atoms with E-state index in [0.29, 0.717) is 16.1 Å². The van der Waals surface area contributed by atoms with Crippen molar-refractivity contribution in [2.24, 2.45) is 5.10 Å². The van der Waals surface area contributed by atoms with E-state index in [1.54, 1.807) is 49.4 Å². The molecule has 9 heteroatoms. The zero-order valence-corrected chi connectivity index (χ0v) is 21.2. The Morgan fingerprint density at radius 1 is 1.00 bits per heavy atom. The Bertz CT molecular complexity index is 1570. The third kappa shape index (κ3) is 5.19. The maximum Gasteiger partial charge on any atom is 0.264 e. The number of hydrazone groups is 1. The van der Waals surface area contributed by atoms with E-state index in [-0.39, 0.29) is 16.3 Å². The highest BCUT2D eigenvalue weighted by atomic mass is 35.5. The van der Waals surface area contributed by atoms with E-state index in [1.165, 1.54) is 18.3 Å². The number of fused-ring (bicyclic) bond motifs is 1. The number of benzene rings is 4. The van der Waals surface area contributed by atoms with Crippen LogP contribution in [0.5, 0.6) is 5.75 Å². The molecule has 36 heavy (non-hydrogen) atoms. The highest BCUT2D eigenvalue weighted by molar-refractivity contribution is 7.92. The van der Waals surface area contributed by atoms with Crippen molar-refractivity contribution in [2.45, 2.75) is 18.7 Å². The molecule has 0 radical (unpaired) electrons. The van der Waals surface area contributed by atoms with Crippen molar-refractivity contribution >= 4 is 50.2 Å². The first-order valence-corrected chi connectivity index (χ1v) is 12.9. The van der Waals surface area contributed by atoms with Gasteiger partial charge in [0.15, 0.2) is 0 Å². The molecule has 0 atom stereocenters. The van der Waals surface area contributed by atoms with Gasteiger partial charge in [0.2, 0.25) is 0 Å². The van der Waals surface area contributed by atoms with Crippen LogP contribution < -0.4 is 9.73 Å². The Kier molecular flexibility index (Phi) is 7.28. The zero-order chi connectivity index (χ0) is 25.9. The second-order valence-electron chi connectivity index (χ2n) is 8.22. The number of sulfonamides is 1. The molecule has 0 aliphatic heterocycles. The minimum Gasteiger partial charge on any atom is -0.507 e. The maximum absolute atomic E-state index is 13.6. The molecule has 4 rings (SSSR count). The summed E-state index contributed by atoms with van der Waals surface area (Å²) in [5, 5.41) is 16.3. The topological polar surface area (TPSA) is 99.1 Å². The number of phenolic OH excluding ortho intramolecular Hbond substituents is 1. The number of hydrogen-bond donors (Lipinski definition) is 2. The number of carbonyl (C=O) groups excluding carboxylic acids is 1. The molecule has 0 aliphatic rings. The maximum atomic E-state index is 13.6. The molecule has 0 fully saturated rings. The number of aromatic hydroxyl groups is 1. The van der Waals surface area contributed by atoms with Gasteiger partial charge in [0.05, 0.1) is 16.8 Å². The first kappa shape index (κ1) is 25.2. The van der Waals surface area contributed by atoms with Gasteiger partial charge in [-0.2, -0.15) is 5.10 Å². The molecular formula is C27H24ClN3O4S. The lowest BCUT2D eigenvalue weighted by atomic mass is 10.0. The van der Waals surface area contributed by atoms with Crippen LogP contribution in [0.25, 0.3) is 10.8 Å². The standard InChI is InChI=1S/C27H24ClN3O4S/c1-18-10-13-21(14-11-18)36(34,35)31(25-9-5-8-24(28)19(25)2)17-27(33)30-29-16-23-22-7-4-3-6-20(22)12-15-26(23)32/h3-16,32H,17H2,1-2H3,(H,30,33)/b29-16-. The molecule has 0 spiro atoms. The summed E-state index contributed by atoms with van der Waals surface area (Å²) in [5.41, 5.74) is 4.52. The summed E-state index contributed by atoms with van der Waals surface area (Å²) >= 11 is 6.26. The van der Waals surface area contributed by atoms with Crippen molar-refractivity contribution in [3.8, 4) is 5.75 Å². The Morgan fingerprint density at radius 2 is 1.72 bits per heavy atom. The third-order valence-electron chi connectivity index (χ3n) is 5.73. The van der Waals surface area contributed by atoms with E-state index >= 15 is 0 Å². The quantitative estimate of drug-likeness (QED) is 0.259. The largest absolute Gasteiger partial charge is 0.507 e. The SMILES string of the molecule is Cc1ccc(S(=O)(=O)N(CC(=O)N/N=C\c2c(O)ccc3ccccc23)c2cccc(Cl)c2C)cc1. The van der Waals surface area contributed by atoms with Gasteiger partial charge in [-0.3, -0.25) is 9.10 Å². The van der Waals surface area contributed by atoms with Gasteiger partial charge in [0, 0.05) is 10.6 Å². The molecule has 0 bridgehead atoms. The summed E-state index contributed by atoms with van der Waals surface area (Å²) < 4.78 is 28.1. The summed E-state index contributed by atoms with van der Waals surface area (Å²) in [5.74, 6) is -0.661. The Hall–Kier alpha value is -3.88. The highest BCUT2D eigenvalue weighted by Gasteiger charge is 2.28. The average molecular weight is 522 g/mol. The smallest absolute Gasteiger partial charge is 0.264 e. The molecule has 1 amide bonds. The molecule has 0 aliphatic carbocycles. The highest BCUT2D eigenvalue weighted by Crippen LogP contribution is 2.31. The summed E-state index contributed by atoms with van der Waals surface area (Å²) in [6.07, 6.45) is 1.33. The normalized spacial score (nSPS) is 11.6. The number of phenols is 1. The Morgan fingerprint density at radius 3 is 2.47 bits per heavy atom. The molecule has 0 unspecified atom stereocenters. The van der Waals surface area contributed by atoms with Crippen LogP contribution in [0.3, 0.4) is 0 Å². The summed E-state index contributed by atoms with van der Waals surface area (Å²) in [6.45, 7) is 3.01. The third-order valence-corrected chi connectivity index (χ3v) is 7.92. The predicted octanol–water partition coefficient (Wildman–Crippen LogP) is 5.16. The number of amides is 1. The fourth-order valence-corrected chi connectivity index (χ4v) is 5.41. The molecule has 7 nitrogen and oxygen atoms in total. The van der Waals surface area contributed by atoms with Crippen LogP contribution in [0.1, 0.15) is 16.7 Å². The summed E-state index contributed by atoms with van der Waals surface area (Å²) in [6, 6.07) is 22.0. The second kappa shape index (κ2) is 10.4. The van der Waals surface area contributed by atoms with E-state index in [4.69, 9.17) is 11.6 Å². The van der Waals surface area contributed by atoms with Crippen LogP contribution in [-0.4, -0.2) is 32.2 Å². The van der Waals surface area contributed by atoms with Crippen molar-refractivity contribution in [1.82, 2.24) is 5.43 Å². The van der Waals surface area contributed by atoms with Crippen molar-refractivity contribution in [1.29, 1.82) is 0 Å². The van der Waals surface area contributed by atoms with Crippen LogP contribution in [0, 0.1) is 13.8 Å². The van der Waals surface area contributed by atoms with Crippen molar-refractivity contribution in [3.05, 3.63) is 101 Å². The first-order valence-electron chi connectivity index (χ1n) is 11.1. The molecule has 2 N–H and O–H groups in total. The van der Waals surface area contributed by atoms with Crippen molar-refractivity contribution < 1.29 is 18.3 Å². The number of halogens is 1. The minimum atomic E-state index is -4.10. The van der Waals surface area contributed by atoms with Gasteiger partial charge in [0.1, 0.15) is 12.3 Å². The lowest BCUT2D eigenvalue weighted by molar-refractivity contribution is -0.119. The second-order valence-corrected chi connectivity index (χ2v) is 10.5. The number of anilines is 1.